The number of likely N-dealkylation sites (tertiary alicyclic amines) is 1. The topological polar surface area (TPSA) is 78.8 Å². The third kappa shape index (κ3) is 4.90. The lowest BCUT2D eigenvalue weighted by atomic mass is 10.00. The van der Waals surface area contributed by atoms with E-state index in [1.807, 2.05) is 32.0 Å². The van der Waals surface area contributed by atoms with Gasteiger partial charge in [0.05, 0.1) is 5.56 Å². The smallest absolute Gasteiger partial charge is 0.263 e. The molecule has 1 amide bonds. The van der Waals surface area contributed by atoms with Crippen LogP contribution in [0.15, 0.2) is 29.4 Å². The van der Waals surface area contributed by atoms with Gasteiger partial charge in [-0.25, -0.2) is 8.42 Å². The van der Waals surface area contributed by atoms with Gasteiger partial charge >= 0.3 is 0 Å². The van der Waals surface area contributed by atoms with Crippen molar-refractivity contribution in [2.75, 3.05) is 44.2 Å². The number of hydrogen-bond donors (Lipinski definition) is 0. The number of piperazine rings is 1. The molecule has 4 rings (SSSR count). The van der Waals surface area contributed by atoms with Crippen molar-refractivity contribution in [3.63, 3.8) is 0 Å². The van der Waals surface area contributed by atoms with E-state index >= 15 is 0 Å². The number of rotatable bonds is 5. The average molecular weight is 494 g/mol. The molecule has 2 fully saturated rings. The van der Waals surface area contributed by atoms with Crippen molar-refractivity contribution in [1.82, 2.24) is 19.0 Å². The zero-order valence-electron chi connectivity index (χ0n) is 19.5. The van der Waals surface area contributed by atoms with Gasteiger partial charge in [-0.1, -0.05) is 24.6 Å². The fourth-order valence-electron chi connectivity index (χ4n) is 4.66. The molecule has 1 atom stereocenters. The molecular weight excluding hydrogens is 462 g/mol. The Morgan fingerprint density at radius 2 is 1.91 bits per heavy atom. The summed E-state index contributed by atoms with van der Waals surface area (Å²) in [4.78, 5) is 17.2. The Morgan fingerprint density at radius 1 is 1.18 bits per heavy atom. The lowest BCUT2D eigenvalue weighted by Gasteiger charge is -2.36. The van der Waals surface area contributed by atoms with Crippen molar-refractivity contribution >= 4 is 33.2 Å². The van der Waals surface area contributed by atoms with Crippen LogP contribution in [0.1, 0.15) is 42.6 Å². The molecule has 3 heterocycles. The van der Waals surface area contributed by atoms with Gasteiger partial charge in [-0.3, -0.25) is 9.48 Å². The molecule has 2 aliphatic heterocycles. The minimum Gasteiger partial charge on any atom is -0.369 e. The Balaban J connectivity index is 1.56. The first kappa shape index (κ1) is 24.0. The molecule has 8 nitrogen and oxygen atoms in total. The van der Waals surface area contributed by atoms with Crippen molar-refractivity contribution in [2.24, 2.45) is 5.92 Å². The maximum atomic E-state index is 13.6. The number of anilines is 1. The molecule has 0 N–H and O–H groups in total. The Labute approximate surface area is 201 Å². The molecule has 0 aliphatic carbocycles. The second kappa shape index (κ2) is 9.64. The van der Waals surface area contributed by atoms with Crippen LogP contribution < -0.4 is 4.90 Å². The minimum absolute atomic E-state index is 0.125. The third-order valence-corrected chi connectivity index (χ3v) is 8.63. The van der Waals surface area contributed by atoms with E-state index in [0.29, 0.717) is 56.8 Å². The molecule has 2 aromatic rings. The van der Waals surface area contributed by atoms with Gasteiger partial charge in [-0.15, -0.1) is 0 Å². The molecule has 1 aromatic heterocycles. The molecule has 33 heavy (non-hydrogen) atoms. The predicted molar refractivity (Wildman–Crippen MR) is 129 cm³/mol. The Kier molecular flexibility index (Phi) is 7.02. The van der Waals surface area contributed by atoms with E-state index in [-0.39, 0.29) is 16.5 Å². The highest BCUT2D eigenvalue weighted by molar-refractivity contribution is 7.89. The highest BCUT2D eigenvalue weighted by Gasteiger charge is 2.36. The molecule has 1 unspecified atom stereocenters. The predicted octanol–water partition coefficient (Wildman–Crippen LogP) is 3.25. The molecule has 0 saturated carbocycles. The van der Waals surface area contributed by atoms with Crippen LogP contribution in [0.5, 0.6) is 0 Å². The van der Waals surface area contributed by atoms with Crippen LogP contribution in [-0.2, 0) is 16.6 Å². The molecular formula is C23H32ClN5O3S. The molecule has 0 radical (unpaired) electrons. The van der Waals surface area contributed by atoms with Gasteiger partial charge in [0, 0.05) is 62.7 Å². The lowest BCUT2D eigenvalue weighted by molar-refractivity contribution is 0.0679. The largest absolute Gasteiger partial charge is 0.369 e. The van der Waals surface area contributed by atoms with Crippen LogP contribution in [0.3, 0.4) is 0 Å². The quantitative estimate of drug-likeness (QED) is 0.638. The summed E-state index contributed by atoms with van der Waals surface area (Å²) in [5.74, 6) is 0.167. The minimum atomic E-state index is -3.90. The van der Waals surface area contributed by atoms with Gasteiger partial charge in [0.25, 0.3) is 15.9 Å². The average Bonchev–Trinajstić information content (AvgIpc) is 3.26. The van der Waals surface area contributed by atoms with Crippen LogP contribution >= 0.6 is 11.6 Å². The molecule has 10 heteroatoms. The van der Waals surface area contributed by atoms with Crippen LogP contribution in [0.4, 0.5) is 5.69 Å². The second-order valence-corrected chi connectivity index (χ2v) is 11.3. The molecule has 2 aliphatic rings. The van der Waals surface area contributed by atoms with E-state index in [1.165, 1.54) is 4.31 Å². The number of amides is 1. The van der Waals surface area contributed by atoms with Gasteiger partial charge in [-0.2, -0.15) is 9.40 Å². The van der Waals surface area contributed by atoms with Gasteiger partial charge in [0.1, 0.15) is 0 Å². The molecule has 0 spiro atoms. The first-order chi connectivity index (χ1) is 15.7. The number of carbonyl (C=O) groups excluding carboxylic acids is 1. The summed E-state index contributed by atoms with van der Waals surface area (Å²) in [7, 11) is -3.90. The second-order valence-electron chi connectivity index (χ2n) is 9.02. The Bertz CT molecular complexity index is 1130. The van der Waals surface area contributed by atoms with Crippen LogP contribution in [0.25, 0.3) is 0 Å². The van der Waals surface area contributed by atoms with E-state index in [9.17, 15) is 13.2 Å². The number of hydrogen-bond acceptors (Lipinski definition) is 5. The van der Waals surface area contributed by atoms with Gasteiger partial charge in [-0.05, 0) is 50.3 Å². The van der Waals surface area contributed by atoms with Gasteiger partial charge < -0.3 is 9.80 Å². The Morgan fingerprint density at radius 3 is 2.58 bits per heavy atom. The van der Waals surface area contributed by atoms with Crippen LogP contribution in [0.2, 0.25) is 5.02 Å². The third-order valence-electron chi connectivity index (χ3n) is 6.56. The molecule has 1 aromatic carbocycles. The number of sulfonamides is 1. The molecule has 0 bridgehead atoms. The fourth-order valence-corrected chi connectivity index (χ4v) is 6.34. The van der Waals surface area contributed by atoms with E-state index in [0.717, 1.165) is 24.1 Å². The summed E-state index contributed by atoms with van der Waals surface area (Å²) in [5.41, 5.74) is 2.30. The van der Waals surface area contributed by atoms with E-state index in [4.69, 9.17) is 11.6 Å². The number of piperidine rings is 1. The molecule has 2 saturated heterocycles. The maximum Gasteiger partial charge on any atom is 0.263 e. The number of carbonyl (C=O) groups is 1. The first-order valence-electron chi connectivity index (χ1n) is 11.6. The summed E-state index contributed by atoms with van der Waals surface area (Å²) in [5, 5.41) is 4.86. The van der Waals surface area contributed by atoms with Crippen molar-refractivity contribution in [2.45, 2.75) is 45.2 Å². The maximum absolute atomic E-state index is 13.6. The number of aryl methyl sites for hydroxylation is 2. The number of nitrogens with zero attached hydrogens (tertiary/aromatic N) is 5. The van der Waals surface area contributed by atoms with Crippen molar-refractivity contribution in [3.8, 4) is 0 Å². The number of aromatic nitrogens is 2. The summed E-state index contributed by atoms with van der Waals surface area (Å²) in [6, 6.07) is 5.74. The summed E-state index contributed by atoms with van der Waals surface area (Å²) in [6.45, 7) is 9.54. The van der Waals surface area contributed by atoms with Crippen molar-refractivity contribution in [3.05, 3.63) is 40.5 Å². The number of benzene rings is 1. The zero-order chi connectivity index (χ0) is 23.8. The summed E-state index contributed by atoms with van der Waals surface area (Å²) in [6.07, 6.45) is 3.60. The van der Waals surface area contributed by atoms with Crippen molar-refractivity contribution < 1.29 is 13.2 Å². The normalized spacial score (nSPS) is 20.3. The van der Waals surface area contributed by atoms with Crippen molar-refractivity contribution in [1.29, 1.82) is 0 Å². The standard InChI is InChI=1S/C23H32ClN5O3S/c1-4-28-16-20(23(30)27-9-5-6-17(2)15-27)22(25-28)33(31,32)29-12-10-26(11-13-29)21-14-19(24)8-7-18(21)3/h7-8,14,16-17H,4-6,9-13,15H2,1-3H3. The highest BCUT2D eigenvalue weighted by atomic mass is 35.5. The highest BCUT2D eigenvalue weighted by Crippen LogP contribution is 2.28. The van der Waals surface area contributed by atoms with Gasteiger partial charge in [0.2, 0.25) is 5.03 Å². The molecule has 180 valence electrons. The van der Waals surface area contributed by atoms with Crippen LogP contribution in [0, 0.1) is 12.8 Å². The zero-order valence-corrected chi connectivity index (χ0v) is 21.1. The monoisotopic (exact) mass is 493 g/mol. The van der Waals surface area contributed by atoms with Gasteiger partial charge in [0.15, 0.2) is 0 Å². The van der Waals surface area contributed by atoms with E-state index in [2.05, 4.69) is 16.9 Å². The number of halogens is 1. The van der Waals surface area contributed by atoms with E-state index in [1.54, 1.807) is 15.8 Å². The first-order valence-corrected chi connectivity index (χ1v) is 13.4. The summed E-state index contributed by atoms with van der Waals surface area (Å²) >= 11 is 6.17. The summed E-state index contributed by atoms with van der Waals surface area (Å²) < 4.78 is 30.2. The fraction of sp³-hybridized carbons (Fsp3) is 0.565. The van der Waals surface area contributed by atoms with Crippen LogP contribution in [-0.4, -0.2) is 72.6 Å². The van der Waals surface area contributed by atoms with E-state index < -0.39 is 10.0 Å². The Hall–Kier alpha value is -2.10. The SMILES string of the molecule is CCn1cc(C(=O)N2CCCC(C)C2)c(S(=O)(=O)N2CCN(c3cc(Cl)ccc3C)CC2)n1. The lowest BCUT2D eigenvalue weighted by Crippen LogP contribution is -2.49.